The van der Waals surface area contributed by atoms with Gasteiger partial charge in [-0.2, -0.15) is 0 Å². The Hall–Kier alpha value is -1.29. The Morgan fingerprint density at radius 1 is 1.24 bits per heavy atom. The Labute approximate surface area is 137 Å². The maximum absolute atomic E-state index is 12.3. The molecule has 0 spiro atoms. The number of amides is 1. The largest absolute Gasteiger partial charge is 0.334 e. The number of benzene rings is 1. The Bertz CT molecular complexity index is 688. The van der Waals surface area contributed by atoms with Crippen molar-refractivity contribution in [2.45, 2.75) is 13.0 Å². The minimum Gasteiger partial charge on any atom is -0.334 e. The van der Waals surface area contributed by atoms with Crippen LogP contribution in [0.3, 0.4) is 0 Å². The molecule has 0 atom stereocenters. The molecular weight excluding hydrogens is 325 g/mol. The van der Waals surface area contributed by atoms with Crippen LogP contribution in [0.5, 0.6) is 0 Å². The van der Waals surface area contributed by atoms with E-state index in [0.717, 1.165) is 13.0 Å². The summed E-state index contributed by atoms with van der Waals surface area (Å²) in [6.45, 7) is 1.44. The first kappa shape index (κ1) is 14.6. The molecule has 0 saturated carbocycles. The second-order valence-corrected chi connectivity index (χ2v) is 6.66. The summed E-state index contributed by atoms with van der Waals surface area (Å²) in [5, 5.41) is 3.17. The quantitative estimate of drug-likeness (QED) is 0.730. The molecule has 0 fully saturated rings. The molecule has 1 aliphatic rings. The first-order chi connectivity index (χ1) is 10.1. The van der Waals surface area contributed by atoms with E-state index in [-0.39, 0.29) is 5.91 Å². The van der Waals surface area contributed by atoms with E-state index >= 15 is 0 Å². The number of hydrogen-bond acceptors (Lipinski definition) is 2. The van der Waals surface area contributed by atoms with Crippen LogP contribution in [-0.2, 0) is 17.8 Å². The van der Waals surface area contributed by atoms with Crippen molar-refractivity contribution in [2.24, 2.45) is 0 Å². The highest BCUT2D eigenvalue weighted by molar-refractivity contribution is 7.10. The molecule has 108 valence electrons. The number of fused-ring (bicyclic) bond motifs is 1. The van der Waals surface area contributed by atoms with Crippen LogP contribution in [0.2, 0.25) is 10.0 Å². The van der Waals surface area contributed by atoms with Crippen LogP contribution < -0.4 is 0 Å². The highest BCUT2D eigenvalue weighted by Crippen LogP contribution is 2.26. The van der Waals surface area contributed by atoms with Crippen molar-refractivity contribution >= 4 is 46.5 Å². The van der Waals surface area contributed by atoms with Gasteiger partial charge in [-0.15, -0.1) is 11.3 Å². The zero-order valence-electron chi connectivity index (χ0n) is 11.2. The molecule has 2 nitrogen and oxygen atoms in total. The smallest absolute Gasteiger partial charge is 0.246 e. The molecule has 5 heteroatoms. The molecule has 0 aliphatic carbocycles. The molecule has 21 heavy (non-hydrogen) atoms. The molecule has 0 unspecified atom stereocenters. The lowest BCUT2D eigenvalue weighted by atomic mass is 10.1. The fourth-order valence-electron chi connectivity index (χ4n) is 2.37. The van der Waals surface area contributed by atoms with Gasteiger partial charge in [0, 0.05) is 39.7 Å². The van der Waals surface area contributed by atoms with Crippen molar-refractivity contribution in [3.63, 3.8) is 0 Å². The fourth-order valence-corrected chi connectivity index (χ4v) is 3.78. The van der Waals surface area contributed by atoms with E-state index in [9.17, 15) is 4.79 Å². The van der Waals surface area contributed by atoms with Gasteiger partial charge < -0.3 is 4.90 Å². The van der Waals surface area contributed by atoms with Crippen molar-refractivity contribution in [2.75, 3.05) is 6.54 Å². The Kier molecular flexibility index (Phi) is 4.34. The summed E-state index contributed by atoms with van der Waals surface area (Å²) in [6, 6.07) is 7.40. The maximum atomic E-state index is 12.3. The van der Waals surface area contributed by atoms with Crippen molar-refractivity contribution in [1.82, 2.24) is 4.90 Å². The van der Waals surface area contributed by atoms with Crippen molar-refractivity contribution in [3.05, 3.63) is 61.8 Å². The maximum Gasteiger partial charge on any atom is 0.246 e. The van der Waals surface area contributed by atoms with E-state index in [1.54, 1.807) is 41.7 Å². The Balaban J connectivity index is 1.74. The Morgan fingerprint density at radius 2 is 2.00 bits per heavy atom. The van der Waals surface area contributed by atoms with E-state index in [4.69, 9.17) is 23.2 Å². The van der Waals surface area contributed by atoms with E-state index in [1.165, 1.54) is 10.4 Å². The molecular formula is C16H13Cl2NOS. The highest BCUT2D eigenvalue weighted by atomic mass is 35.5. The van der Waals surface area contributed by atoms with Gasteiger partial charge in [0.1, 0.15) is 0 Å². The molecule has 3 rings (SSSR count). The number of hydrogen-bond donors (Lipinski definition) is 0. The summed E-state index contributed by atoms with van der Waals surface area (Å²) >= 11 is 13.9. The molecule has 1 amide bonds. The van der Waals surface area contributed by atoms with Crippen molar-refractivity contribution < 1.29 is 4.79 Å². The number of rotatable bonds is 2. The van der Waals surface area contributed by atoms with Gasteiger partial charge in [-0.25, -0.2) is 0 Å². The van der Waals surface area contributed by atoms with Crippen molar-refractivity contribution in [1.29, 1.82) is 0 Å². The average molecular weight is 338 g/mol. The van der Waals surface area contributed by atoms with Crippen LogP contribution in [0, 0.1) is 0 Å². The van der Waals surface area contributed by atoms with Gasteiger partial charge >= 0.3 is 0 Å². The third kappa shape index (κ3) is 3.15. The second kappa shape index (κ2) is 6.22. The van der Waals surface area contributed by atoms with E-state index in [0.29, 0.717) is 22.2 Å². The van der Waals surface area contributed by atoms with Gasteiger partial charge in [0.2, 0.25) is 5.91 Å². The van der Waals surface area contributed by atoms with Crippen LogP contribution >= 0.6 is 34.5 Å². The predicted octanol–water partition coefficient (Wildman–Crippen LogP) is 4.65. The standard InChI is InChI=1S/C16H13Cl2NOS/c17-13-2-1-3-14(18)12(13)4-5-16(20)19-8-6-15-11(10-19)7-9-21-15/h1-5,7,9H,6,8,10H2. The molecule has 2 aromatic rings. The molecule has 1 aromatic carbocycles. The SMILES string of the molecule is O=C(C=Cc1c(Cl)cccc1Cl)N1CCc2sccc2C1. The first-order valence-electron chi connectivity index (χ1n) is 6.61. The van der Waals surface area contributed by atoms with Gasteiger partial charge in [0.05, 0.1) is 0 Å². The number of nitrogens with zero attached hydrogens (tertiary/aromatic N) is 1. The summed E-state index contributed by atoms with van der Waals surface area (Å²) in [4.78, 5) is 15.5. The molecule has 1 aliphatic heterocycles. The monoisotopic (exact) mass is 337 g/mol. The zero-order chi connectivity index (χ0) is 14.8. The summed E-state index contributed by atoms with van der Waals surface area (Å²) < 4.78 is 0. The molecule has 0 saturated heterocycles. The number of carbonyl (C=O) groups excluding carboxylic acids is 1. The topological polar surface area (TPSA) is 20.3 Å². The minimum absolute atomic E-state index is 0.0113. The lowest BCUT2D eigenvalue weighted by Crippen LogP contribution is -2.34. The van der Waals surface area contributed by atoms with Crippen LogP contribution in [-0.4, -0.2) is 17.4 Å². The van der Waals surface area contributed by atoms with Crippen LogP contribution in [0.1, 0.15) is 16.0 Å². The van der Waals surface area contributed by atoms with Crippen LogP contribution in [0.25, 0.3) is 6.08 Å². The van der Waals surface area contributed by atoms with E-state index in [1.807, 2.05) is 4.90 Å². The second-order valence-electron chi connectivity index (χ2n) is 4.85. The molecule has 0 N–H and O–H groups in total. The fraction of sp³-hybridized carbons (Fsp3) is 0.188. The Morgan fingerprint density at radius 3 is 2.76 bits per heavy atom. The van der Waals surface area contributed by atoms with Gasteiger partial charge in [-0.1, -0.05) is 29.3 Å². The van der Waals surface area contributed by atoms with Crippen molar-refractivity contribution in [3.8, 4) is 0 Å². The van der Waals surface area contributed by atoms with Gasteiger partial charge in [0.25, 0.3) is 0 Å². The summed E-state index contributed by atoms with van der Waals surface area (Å²) in [5.74, 6) is -0.0113. The molecule has 0 radical (unpaired) electrons. The third-order valence-electron chi connectivity index (χ3n) is 3.51. The minimum atomic E-state index is -0.0113. The third-order valence-corrected chi connectivity index (χ3v) is 5.19. The van der Waals surface area contributed by atoms with Gasteiger partial charge in [-0.05, 0) is 41.6 Å². The number of carbonyl (C=O) groups is 1. The lowest BCUT2D eigenvalue weighted by Gasteiger charge is -2.25. The summed E-state index contributed by atoms with van der Waals surface area (Å²) in [7, 11) is 0. The van der Waals surface area contributed by atoms with E-state index in [2.05, 4.69) is 11.4 Å². The van der Waals surface area contributed by atoms with Crippen LogP contribution in [0.4, 0.5) is 0 Å². The van der Waals surface area contributed by atoms with Gasteiger partial charge in [0.15, 0.2) is 0 Å². The predicted molar refractivity (Wildman–Crippen MR) is 88.9 cm³/mol. The highest BCUT2D eigenvalue weighted by Gasteiger charge is 2.19. The first-order valence-corrected chi connectivity index (χ1v) is 8.25. The van der Waals surface area contributed by atoms with Gasteiger partial charge in [-0.3, -0.25) is 4.79 Å². The number of thiophene rings is 1. The zero-order valence-corrected chi connectivity index (χ0v) is 13.5. The average Bonchev–Trinajstić information content (AvgIpc) is 2.93. The summed E-state index contributed by atoms with van der Waals surface area (Å²) in [6.07, 6.45) is 4.17. The normalized spacial score (nSPS) is 14.5. The number of halogens is 2. The van der Waals surface area contributed by atoms with Crippen LogP contribution in [0.15, 0.2) is 35.7 Å². The molecule has 2 heterocycles. The molecule has 0 bridgehead atoms. The molecule has 1 aromatic heterocycles. The van der Waals surface area contributed by atoms with E-state index < -0.39 is 0 Å². The summed E-state index contributed by atoms with van der Waals surface area (Å²) in [5.41, 5.74) is 1.94. The lowest BCUT2D eigenvalue weighted by molar-refractivity contribution is -0.126.